The minimum absolute atomic E-state index is 0.305. The highest BCUT2D eigenvalue weighted by Crippen LogP contribution is 2.21. The van der Waals surface area contributed by atoms with Crippen molar-refractivity contribution < 1.29 is 13.2 Å². The molecule has 0 heterocycles. The number of para-hydroxylation sites is 1. The molecule has 150 valence electrons. The van der Waals surface area contributed by atoms with Gasteiger partial charge in [-0.15, -0.1) is 0 Å². The topological polar surface area (TPSA) is 18.5 Å². The minimum atomic E-state index is -2.32. The van der Waals surface area contributed by atoms with E-state index in [4.69, 9.17) is 8.85 Å². The Bertz CT molecular complexity index is 465. The molecule has 0 radical (unpaired) electrons. The maximum Gasteiger partial charge on any atom is 0.392 e. The standard InChI is InChI=1S/C22H39FO2Si/c1-4-5-6-7-8-9-10-11-12-13-14-17-20-24-26(2,3)25-22-19-16-15-18-21(22)23/h15-16,18-19H,4-14,17,20H2,1-3H3. The monoisotopic (exact) mass is 382 g/mol. The second-order valence-corrected chi connectivity index (χ2v) is 11.0. The molecule has 1 aromatic rings. The molecule has 2 nitrogen and oxygen atoms in total. The van der Waals surface area contributed by atoms with E-state index in [2.05, 4.69) is 6.92 Å². The van der Waals surface area contributed by atoms with Gasteiger partial charge in [0.25, 0.3) is 0 Å². The smallest absolute Gasteiger partial charge is 0.392 e. The van der Waals surface area contributed by atoms with E-state index < -0.39 is 8.56 Å². The van der Waals surface area contributed by atoms with Crippen LogP contribution in [0.3, 0.4) is 0 Å². The molecule has 0 spiro atoms. The van der Waals surface area contributed by atoms with Gasteiger partial charge >= 0.3 is 8.56 Å². The summed E-state index contributed by atoms with van der Waals surface area (Å²) in [5.41, 5.74) is 0. The highest BCUT2D eigenvalue weighted by atomic mass is 28.4. The van der Waals surface area contributed by atoms with Gasteiger partial charge in [0.2, 0.25) is 0 Å². The third-order valence-corrected chi connectivity index (χ3v) is 6.25. The molecule has 0 saturated carbocycles. The summed E-state index contributed by atoms with van der Waals surface area (Å²) in [7, 11) is -2.32. The summed E-state index contributed by atoms with van der Waals surface area (Å²) in [6.45, 7) is 6.93. The molecular formula is C22H39FO2Si. The normalized spacial score (nSPS) is 11.7. The van der Waals surface area contributed by atoms with Crippen LogP contribution in [0, 0.1) is 5.82 Å². The number of hydrogen-bond acceptors (Lipinski definition) is 2. The minimum Gasteiger partial charge on any atom is -0.518 e. The van der Waals surface area contributed by atoms with Gasteiger partial charge in [-0.2, -0.15) is 0 Å². The molecule has 0 aliphatic rings. The first-order chi connectivity index (χ1) is 12.5. The van der Waals surface area contributed by atoms with Crippen molar-refractivity contribution >= 4 is 8.56 Å². The van der Waals surface area contributed by atoms with Crippen molar-refractivity contribution in [2.75, 3.05) is 6.61 Å². The number of rotatable bonds is 16. The van der Waals surface area contributed by atoms with E-state index in [0.29, 0.717) is 12.4 Å². The van der Waals surface area contributed by atoms with Crippen molar-refractivity contribution in [1.82, 2.24) is 0 Å². The first-order valence-electron chi connectivity index (χ1n) is 10.6. The maximum absolute atomic E-state index is 13.7. The van der Waals surface area contributed by atoms with Crippen LogP contribution in [-0.4, -0.2) is 15.2 Å². The molecule has 0 saturated heterocycles. The van der Waals surface area contributed by atoms with Crippen LogP contribution >= 0.6 is 0 Å². The fraction of sp³-hybridized carbons (Fsp3) is 0.727. The summed E-state index contributed by atoms with van der Waals surface area (Å²) in [5.74, 6) is -0.0131. The zero-order valence-corrected chi connectivity index (χ0v) is 18.2. The summed E-state index contributed by atoms with van der Waals surface area (Å²) in [4.78, 5) is 0. The molecular weight excluding hydrogens is 343 g/mol. The second-order valence-electron chi connectivity index (χ2n) is 7.67. The van der Waals surface area contributed by atoms with Crippen LogP contribution in [0.2, 0.25) is 13.1 Å². The molecule has 0 N–H and O–H groups in total. The van der Waals surface area contributed by atoms with Crippen LogP contribution < -0.4 is 4.43 Å². The predicted molar refractivity (Wildman–Crippen MR) is 112 cm³/mol. The average molecular weight is 383 g/mol. The van der Waals surface area contributed by atoms with Gasteiger partial charge in [0.1, 0.15) is 5.75 Å². The Morgan fingerprint density at radius 1 is 0.769 bits per heavy atom. The van der Waals surface area contributed by atoms with E-state index in [1.165, 1.54) is 76.7 Å². The van der Waals surface area contributed by atoms with E-state index in [9.17, 15) is 4.39 Å². The van der Waals surface area contributed by atoms with Gasteiger partial charge in [0.05, 0.1) is 0 Å². The summed E-state index contributed by atoms with van der Waals surface area (Å²) in [6.07, 6.45) is 16.0. The van der Waals surface area contributed by atoms with Gasteiger partial charge in [-0.1, -0.05) is 89.7 Å². The first kappa shape index (κ1) is 23.2. The number of halogens is 1. The van der Waals surface area contributed by atoms with Crippen LogP contribution in [-0.2, 0) is 4.43 Å². The lowest BCUT2D eigenvalue weighted by molar-refractivity contribution is 0.238. The molecule has 0 aliphatic carbocycles. The van der Waals surface area contributed by atoms with Crippen molar-refractivity contribution in [2.45, 2.75) is 97.1 Å². The quantitative estimate of drug-likeness (QED) is 0.216. The lowest BCUT2D eigenvalue weighted by Gasteiger charge is -2.24. The van der Waals surface area contributed by atoms with E-state index in [1.54, 1.807) is 18.2 Å². The van der Waals surface area contributed by atoms with Crippen molar-refractivity contribution in [3.8, 4) is 5.75 Å². The SMILES string of the molecule is CCCCCCCCCCCCCCO[Si](C)(C)Oc1ccccc1F. The van der Waals surface area contributed by atoms with Gasteiger partial charge in [0.15, 0.2) is 5.82 Å². The van der Waals surface area contributed by atoms with Crippen molar-refractivity contribution in [1.29, 1.82) is 0 Å². The van der Waals surface area contributed by atoms with Gasteiger partial charge in [-0.05, 0) is 31.6 Å². The van der Waals surface area contributed by atoms with Crippen LogP contribution in [0.5, 0.6) is 5.75 Å². The molecule has 0 amide bonds. The molecule has 0 atom stereocenters. The number of benzene rings is 1. The molecule has 4 heteroatoms. The lowest BCUT2D eigenvalue weighted by atomic mass is 10.1. The maximum atomic E-state index is 13.7. The van der Waals surface area contributed by atoms with Crippen molar-refractivity contribution in [3.05, 3.63) is 30.1 Å². The third kappa shape index (κ3) is 11.7. The molecule has 0 aliphatic heterocycles. The van der Waals surface area contributed by atoms with Gasteiger partial charge in [-0.3, -0.25) is 0 Å². The first-order valence-corrected chi connectivity index (χ1v) is 13.4. The summed E-state index contributed by atoms with van der Waals surface area (Å²) >= 11 is 0. The van der Waals surface area contributed by atoms with Gasteiger partial charge in [0, 0.05) is 6.61 Å². The summed E-state index contributed by atoms with van der Waals surface area (Å²) in [5, 5.41) is 0. The van der Waals surface area contributed by atoms with E-state index in [0.717, 1.165) is 6.42 Å². The van der Waals surface area contributed by atoms with Crippen LogP contribution in [0.25, 0.3) is 0 Å². The molecule has 0 bridgehead atoms. The van der Waals surface area contributed by atoms with E-state index in [1.807, 2.05) is 13.1 Å². The zero-order valence-electron chi connectivity index (χ0n) is 17.2. The average Bonchev–Trinajstić information content (AvgIpc) is 2.61. The molecule has 0 fully saturated rings. The van der Waals surface area contributed by atoms with Crippen molar-refractivity contribution in [2.24, 2.45) is 0 Å². The fourth-order valence-electron chi connectivity index (χ4n) is 3.08. The fourth-order valence-corrected chi connectivity index (χ4v) is 4.47. The number of hydrogen-bond donors (Lipinski definition) is 0. The molecule has 0 aromatic heterocycles. The van der Waals surface area contributed by atoms with Gasteiger partial charge in [-0.25, -0.2) is 4.39 Å². The third-order valence-electron chi connectivity index (χ3n) is 4.64. The predicted octanol–water partition coefficient (Wildman–Crippen LogP) is 7.62. The lowest BCUT2D eigenvalue weighted by Crippen LogP contribution is -2.39. The second kappa shape index (κ2) is 14.2. The molecule has 1 rings (SSSR count). The largest absolute Gasteiger partial charge is 0.518 e. The Balaban J connectivity index is 1.96. The Labute approximate surface area is 161 Å². The highest BCUT2D eigenvalue weighted by Gasteiger charge is 2.27. The Morgan fingerprint density at radius 3 is 1.81 bits per heavy atom. The Morgan fingerprint density at radius 2 is 1.27 bits per heavy atom. The van der Waals surface area contributed by atoms with E-state index in [-0.39, 0.29) is 5.82 Å². The molecule has 26 heavy (non-hydrogen) atoms. The number of unbranched alkanes of at least 4 members (excludes halogenated alkanes) is 11. The van der Waals surface area contributed by atoms with Crippen LogP contribution in [0.4, 0.5) is 4.39 Å². The Kier molecular flexibility index (Phi) is 12.7. The van der Waals surface area contributed by atoms with Gasteiger partial charge < -0.3 is 8.85 Å². The van der Waals surface area contributed by atoms with Crippen molar-refractivity contribution in [3.63, 3.8) is 0 Å². The van der Waals surface area contributed by atoms with Crippen LogP contribution in [0.1, 0.15) is 84.0 Å². The van der Waals surface area contributed by atoms with E-state index >= 15 is 0 Å². The molecule has 1 aromatic carbocycles. The summed E-state index contributed by atoms with van der Waals surface area (Å²) < 4.78 is 25.4. The Hall–Kier alpha value is -0.873. The van der Waals surface area contributed by atoms with Crippen LogP contribution in [0.15, 0.2) is 24.3 Å². The molecule has 0 unspecified atom stereocenters. The zero-order chi connectivity index (χ0) is 19.1. The highest BCUT2D eigenvalue weighted by molar-refractivity contribution is 6.65. The summed E-state index contributed by atoms with van der Waals surface area (Å²) in [6, 6.07) is 6.54.